The van der Waals surface area contributed by atoms with Gasteiger partial charge in [-0.05, 0) is 24.3 Å². The first-order chi connectivity index (χ1) is 9.15. The lowest BCUT2D eigenvalue weighted by Gasteiger charge is -2.05. The lowest BCUT2D eigenvalue weighted by Crippen LogP contribution is -2.15. The Morgan fingerprint density at radius 3 is 2.68 bits per heavy atom. The number of aromatic carboxylic acids is 1. The van der Waals surface area contributed by atoms with Crippen molar-refractivity contribution in [1.29, 1.82) is 0 Å². The van der Waals surface area contributed by atoms with Gasteiger partial charge in [0.25, 0.3) is 0 Å². The van der Waals surface area contributed by atoms with E-state index in [-0.39, 0.29) is 18.0 Å². The molecule has 6 heteroatoms. The van der Waals surface area contributed by atoms with Crippen LogP contribution in [0.4, 0.5) is 5.69 Å². The summed E-state index contributed by atoms with van der Waals surface area (Å²) in [6, 6.07) is 8.14. The van der Waals surface area contributed by atoms with E-state index in [4.69, 9.17) is 5.11 Å². The van der Waals surface area contributed by atoms with Crippen LogP contribution in [0.5, 0.6) is 0 Å². The van der Waals surface area contributed by atoms with Crippen LogP contribution in [0, 0.1) is 0 Å². The van der Waals surface area contributed by atoms with Gasteiger partial charge in [-0.1, -0.05) is 6.07 Å². The first-order valence-electron chi connectivity index (χ1n) is 5.54. The zero-order chi connectivity index (χ0) is 13.7. The standard InChI is InChI=1S/C13H11N3O3/c17-12(8-9-3-1-2-5-14-9)16-10-4-6-15-11(7-10)13(18)19/h1-7H,8H2,(H,18,19)(H,15,16,17). The van der Waals surface area contributed by atoms with E-state index in [0.29, 0.717) is 11.4 Å². The van der Waals surface area contributed by atoms with E-state index in [9.17, 15) is 9.59 Å². The maximum Gasteiger partial charge on any atom is 0.354 e. The number of nitrogens with one attached hydrogen (secondary N) is 1. The van der Waals surface area contributed by atoms with Gasteiger partial charge < -0.3 is 10.4 Å². The molecule has 0 fully saturated rings. The predicted octanol–water partition coefficient (Wildman–Crippen LogP) is 1.36. The van der Waals surface area contributed by atoms with E-state index >= 15 is 0 Å². The topological polar surface area (TPSA) is 92.2 Å². The number of hydrogen-bond acceptors (Lipinski definition) is 4. The Bertz CT molecular complexity index is 599. The molecule has 0 spiro atoms. The van der Waals surface area contributed by atoms with Crippen molar-refractivity contribution in [3.63, 3.8) is 0 Å². The summed E-state index contributed by atoms with van der Waals surface area (Å²) in [6.07, 6.45) is 3.07. The number of pyridine rings is 2. The number of carbonyl (C=O) groups is 2. The summed E-state index contributed by atoms with van der Waals surface area (Å²) in [7, 11) is 0. The third kappa shape index (κ3) is 3.60. The van der Waals surface area contributed by atoms with Crippen molar-refractivity contribution < 1.29 is 14.7 Å². The second kappa shape index (κ2) is 5.72. The van der Waals surface area contributed by atoms with Gasteiger partial charge in [-0.2, -0.15) is 0 Å². The Kier molecular flexibility index (Phi) is 3.82. The Morgan fingerprint density at radius 1 is 1.16 bits per heavy atom. The fraction of sp³-hybridized carbons (Fsp3) is 0.0769. The van der Waals surface area contributed by atoms with Gasteiger partial charge in [0.1, 0.15) is 5.69 Å². The molecule has 0 aromatic carbocycles. The number of hydrogen-bond donors (Lipinski definition) is 2. The summed E-state index contributed by atoms with van der Waals surface area (Å²) in [4.78, 5) is 30.2. The molecule has 0 bridgehead atoms. The van der Waals surface area contributed by atoms with Crippen LogP contribution in [0.15, 0.2) is 42.7 Å². The summed E-state index contributed by atoms with van der Waals surface area (Å²) in [5.74, 6) is -1.40. The molecule has 0 radical (unpaired) electrons. The molecule has 96 valence electrons. The van der Waals surface area contributed by atoms with Crippen LogP contribution in [0.3, 0.4) is 0 Å². The second-order valence-corrected chi connectivity index (χ2v) is 3.78. The summed E-state index contributed by atoms with van der Waals surface area (Å²) >= 11 is 0. The second-order valence-electron chi connectivity index (χ2n) is 3.78. The van der Waals surface area contributed by atoms with Gasteiger partial charge in [0.05, 0.1) is 6.42 Å². The fourth-order valence-electron chi connectivity index (χ4n) is 1.50. The van der Waals surface area contributed by atoms with Crippen LogP contribution in [-0.4, -0.2) is 27.0 Å². The monoisotopic (exact) mass is 257 g/mol. The molecule has 1 amide bonds. The Balaban J connectivity index is 2.03. The molecule has 2 heterocycles. The first-order valence-corrected chi connectivity index (χ1v) is 5.54. The molecule has 0 aliphatic heterocycles. The molecule has 2 aromatic heterocycles. The van der Waals surface area contributed by atoms with Crippen LogP contribution in [0.2, 0.25) is 0 Å². The maximum absolute atomic E-state index is 11.7. The number of rotatable bonds is 4. The van der Waals surface area contributed by atoms with Crippen molar-refractivity contribution >= 4 is 17.6 Å². The molecule has 0 aliphatic carbocycles. The molecule has 2 aromatic rings. The molecular formula is C13H11N3O3. The minimum Gasteiger partial charge on any atom is -0.477 e. The lowest BCUT2D eigenvalue weighted by atomic mass is 10.2. The molecule has 0 saturated heterocycles. The number of nitrogens with zero attached hydrogens (tertiary/aromatic N) is 2. The summed E-state index contributed by atoms with van der Waals surface area (Å²) in [5, 5.41) is 11.4. The van der Waals surface area contributed by atoms with Crippen molar-refractivity contribution in [3.8, 4) is 0 Å². The van der Waals surface area contributed by atoms with Crippen LogP contribution in [0.25, 0.3) is 0 Å². The fourth-order valence-corrected chi connectivity index (χ4v) is 1.50. The highest BCUT2D eigenvalue weighted by atomic mass is 16.4. The largest absolute Gasteiger partial charge is 0.477 e. The Hall–Kier alpha value is -2.76. The van der Waals surface area contributed by atoms with Crippen LogP contribution in [-0.2, 0) is 11.2 Å². The maximum atomic E-state index is 11.7. The van der Waals surface area contributed by atoms with Gasteiger partial charge in [0.2, 0.25) is 5.91 Å². The summed E-state index contributed by atoms with van der Waals surface area (Å²) in [6.45, 7) is 0. The van der Waals surface area contributed by atoms with Gasteiger partial charge in [0, 0.05) is 23.8 Å². The number of amides is 1. The van der Waals surface area contributed by atoms with E-state index in [1.54, 1.807) is 24.4 Å². The highest BCUT2D eigenvalue weighted by Gasteiger charge is 2.08. The average molecular weight is 257 g/mol. The van der Waals surface area contributed by atoms with E-state index in [0.717, 1.165) is 0 Å². The smallest absolute Gasteiger partial charge is 0.354 e. The van der Waals surface area contributed by atoms with Gasteiger partial charge in [-0.3, -0.25) is 9.78 Å². The predicted molar refractivity (Wildman–Crippen MR) is 67.8 cm³/mol. The number of aromatic nitrogens is 2. The third-order valence-corrected chi connectivity index (χ3v) is 2.33. The highest BCUT2D eigenvalue weighted by molar-refractivity contribution is 5.93. The zero-order valence-electron chi connectivity index (χ0n) is 9.91. The van der Waals surface area contributed by atoms with Gasteiger partial charge in [0.15, 0.2) is 0 Å². The van der Waals surface area contributed by atoms with E-state index in [1.807, 2.05) is 0 Å². The summed E-state index contributed by atoms with van der Waals surface area (Å²) in [5.41, 5.74) is 0.927. The number of carbonyl (C=O) groups excluding carboxylic acids is 1. The van der Waals surface area contributed by atoms with Crippen molar-refractivity contribution in [3.05, 3.63) is 54.1 Å². The molecule has 2 N–H and O–H groups in total. The number of carboxylic acids is 1. The Morgan fingerprint density at radius 2 is 2.00 bits per heavy atom. The zero-order valence-corrected chi connectivity index (χ0v) is 9.91. The third-order valence-electron chi connectivity index (χ3n) is 2.33. The quantitative estimate of drug-likeness (QED) is 0.862. The van der Waals surface area contributed by atoms with Gasteiger partial charge in [-0.25, -0.2) is 9.78 Å². The normalized spacial score (nSPS) is 9.89. The molecule has 0 saturated carbocycles. The lowest BCUT2D eigenvalue weighted by molar-refractivity contribution is -0.115. The number of anilines is 1. The molecule has 0 atom stereocenters. The molecule has 0 unspecified atom stereocenters. The average Bonchev–Trinajstić information content (AvgIpc) is 2.40. The molecule has 2 rings (SSSR count). The molecule has 6 nitrogen and oxygen atoms in total. The highest BCUT2D eigenvalue weighted by Crippen LogP contribution is 2.08. The number of carboxylic acid groups (broad SMARTS) is 1. The first kappa shape index (κ1) is 12.7. The van der Waals surface area contributed by atoms with Crippen LogP contribution >= 0.6 is 0 Å². The van der Waals surface area contributed by atoms with E-state index in [1.165, 1.54) is 18.3 Å². The van der Waals surface area contributed by atoms with E-state index < -0.39 is 5.97 Å². The van der Waals surface area contributed by atoms with Gasteiger partial charge >= 0.3 is 5.97 Å². The van der Waals surface area contributed by atoms with Crippen molar-refractivity contribution in [2.24, 2.45) is 0 Å². The van der Waals surface area contributed by atoms with Crippen LogP contribution < -0.4 is 5.32 Å². The van der Waals surface area contributed by atoms with Gasteiger partial charge in [-0.15, -0.1) is 0 Å². The minimum absolute atomic E-state index is 0.115. The van der Waals surface area contributed by atoms with Crippen LogP contribution in [0.1, 0.15) is 16.2 Å². The molecule has 0 aliphatic rings. The molecular weight excluding hydrogens is 246 g/mol. The SMILES string of the molecule is O=C(Cc1ccccn1)Nc1ccnc(C(=O)O)c1. The minimum atomic E-state index is -1.14. The van der Waals surface area contributed by atoms with Crippen molar-refractivity contribution in [1.82, 2.24) is 9.97 Å². The summed E-state index contributed by atoms with van der Waals surface area (Å²) < 4.78 is 0. The molecule has 19 heavy (non-hydrogen) atoms. The van der Waals surface area contributed by atoms with Crippen molar-refractivity contribution in [2.75, 3.05) is 5.32 Å². The van der Waals surface area contributed by atoms with E-state index in [2.05, 4.69) is 15.3 Å². The Labute approximate surface area is 109 Å². The van der Waals surface area contributed by atoms with Crippen molar-refractivity contribution in [2.45, 2.75) is 6.42 Å².